The third kappa shape index (κ3) is 4.12. The van der Waals surface area contributed by atoms with Gasteiger partial charge in [0.05, 0.1) is 5.60 Å². The van der Waals surface area contributed by atoms with Crippen LogP contribution in [0.4, 0.5) is 0 Å². The topological polar surface area (TPSA) is 32.3 Å². The highest BCUT2D eigenvalue weighted by atomic mass is 16.3. The van der Waals surface area contributed by atoms with Gasteiger partial charge < -0.3 is 10.4 Å². The van der Waals surface area contributed by atoms with Crippen LogP contribution in [-0.4, -0.2) is 23.3 Å². The van der Waals surface area contributed by atoms with Gasteiger partial charge in [-0.15, -0.1) is 0 Å². The molecule has 2 nitrogen and oxygen atoms in total. The van der Waals surface area contributed by atoms with E-state index < -0.39 is 5.60 Å². The summed E-state index contributed by atoms with van der Waals surface area (Å²) in [6, 6.07) is 0.492. The smallest absolute Gasteiger partial charge is 0.0774 e. The summed E-state index contributed by atoms with van der Waals surface area (Å²) in [7, 11) is 0. The minimum atomic E-state index is -0.444. The van der Waals surface area contributed by atoms with Gasteiger partial charge in [0.2, 0.25) is 0 Å². The molecule has 0 aromatic heterocycles. The first-order chi connectivity index (χ1) is 6.93. The number of hydrogen-bond acceptors (Lipinski definition) is 2. The molecule has 1 saturated carbocycles. The van der Waals surface area contributed by atoms with Crippen molar-refractivity contribution < 1.29 is 5.11 Å². The van der Waals surface area contributed by atoms with Gasteiger partial charge in [0.15, 0.2) is 0 Å². The van der Waals surface area contributed by atoms with Crippen LogP contribution in [-0.2, 0) is 0 Å². The van der Waals surface area contributed by atoms with Crippen LogP contribution in [0, 0.1) is 11.8 Å². The van der Waals surface area contributed by atoms with Crippen LogP contribution in [0.25, 0.3) is 0 Å². The Morgan fingerprint density at radius 3 is 2.60 bits per heavy atom. The van der Waals surface area contributed by atoms with E-state index in [1.54, 1.807) is 0 Å². The third-order valence-corrected chi connectivity index (χ3v) is 3.82. The molecule has 2 heteroatoms. The molecule has 1 aliphatic rings. The summed E-state index contributed by atoms with van der Waals surface area (Å²) in [5.41, 5.74) is -0.444. The molecule has 0 saturated heterocycles. The number of aliphatic hydroxyl groups is 1. The Balaban J connectivity index is 2.35. The van der Waals surface area contributed by atoms with Gasteiger partial charge in [-0.1, -0.05) is 33.6 Å². The predicted octanol–water partition coefficient (Wildman–Crippen LogP) is 2.56. The first kappa shape index (κ1) is 13.0. The van der Waals surface area contributed by atoms with Crippen molar-refractivity contribution in [3.8, 4) is 0 Å². The summed E-state index contributed by atoms with van der Waals surface area (Å²) < 4.78 is 0. The zero-order chi connectivity index (χ0) is 11.5. The molecule has 0 amide bonds. The predicted molar refractivity (Wildman–Crippen MR) is 64.9 cm³/mol. The highest BCUT2D eigenvalue weighted by molar-refractivity contribution is 4.87. The summed E-state index contributed by atoms with van der Waals surface area (Å²) >= 11 is 0. The van der Waals surface area contributed by atoms with Crippen molar-refractivity contribution in [2.24, 2.45) is 11.8 Å². The Kier molecular flexibility index (Phi) is 4.60. The largest absolute Gasteiger partial charge is 0.389 e. The standard InChI is InChI=1S/C13H27NO/c1-10(2)12(4)14-9-13(15)7-5-6-11(3)8-13/h10-12,14-15H,5-9H2,1-4H3. The van der Waals surface area contributed by atoms with E-state index in [0.717, 1.165) is 19.4 Å². The number of nitrogens with one attached hydrogen (secondary N) is 1. The normalized spacial score (nSPS) is 34.4. The minimum absolute atomic E-state index is 0.444. The Hall–Kier alpha value is -0.0800. The van der Waals surface area contributed by atoms with Crippen LogP contribution in [0.3, 0.4) is 0 Å². The number of hydrogen-bond donors (Lipinski definition) is 2. The van der Waals surface area contributed by atoms with Crippen molar-refractivity contribution in [2.75, 3.05) is 6.54 Å². The van der Waals surface area contributed by atoms with Gasteiger partial charge in [0, 0.05) is 12.6 Å². The molecular weight excluding hydrogens is 186 g/mol. The van der Waals surface area contributed by atoms with Crippen molar-refractivity contribution in [2.45, 2.75) is 65.0 Å². The first-order valence-corrected chi connectivity index (χ1v) is 6.39. The third-order valence-electron chi connectivity index (χ3n) is 3.82. The van der Waals surface area contributed by atoms with Gasteiger partial charge in [-0.3, -0.25) is 0 Å². The quantitative estimate of drug-likeness (QED) is 0.752. The van der Waals surface area contributed by atoms with Crippen molar-refractivity contribution in [1.82, 2.24) is 5.32 Å². The lowest BCUT2D eigenvalue weighted by Crippen LogP contribution is -2.47. The molecule has 1 aliphatic carbocycles. The van der Waals surface area contributed by atoms with Crippen LogP contribution in [0.5, 0.6) is 0 Å². The average Bonchev–Trinajstić information content (AvgIpc) is 2.13. The van der Waals surface area contributed by atoms with Gasteiger partial charge in [0.25, 0.3) is 0 Å². The first-order valence-electron chi connectivity index (χ1n) is 6.39. The lowest BCUT2D eigenvalue weighted by Gasteiger charge is -2.37. The monoisotopic (exact) mass is 213 g/mol. The van der Waals surface area contributed by atoms with Crippen LogP contribution in [0.1, 0.15) is 53.4 Å². The fraction of sp³-hybridized carbons (Fsp3) is 1.00. The molecular formula is C13H27NO. The number of rotatable bonds is 4. The fourth-order valence-electron chi connectivity index (χ4n) is 2.38. The Morgan fingerprint density at radius 2 is 2.07 bits per heavy atom. The Labute approximate surface area is 94.5 Å². The van der Waals surface area contributed by atoms with Crippen LogP contribution < -0.4 is 5.32 Å². The van der Waals surface area contributed by atoms with Gasteiger partial charge in [-0.25, -0.2) is 0 Å². The van der Waals surface area contributed by atoms with E-state index in [9.17, 15) is 5.11 Å². The summed E-state index contributed by atoms with van der Waals surface area (Å²) in [4.78, 5) is 0. The zero-order valence-corrected chi connectivity index (χ0v) is 10.7. The lowest BCUT2D eigenvalue weighted by molar-refractivity contribution is -0.0142. The molecule has 0 radical (unpaired) electrons. The highest BCUT2D eigenvalue weighted by Gasteiger charge is 2.32. The summed E-state index contributed by atoms with van der Waals surface area (Å²) in [5, 5.41) is 13.9. The molecule has 0 spiro atoms. The van der Waals surface area contributed by atoms with E-state index in [-0.39, 0.29) is 0 Å². The maximum absolute atomic E-state index is 10.4. The summed E-state index contributed by atoms with van der Waals surface area (Å²) in [6.45, 7) is 9.63. The molecule has 0 aliphatic heterocycles. The average molecular weight is 213 g/mol. The fourth-order valence-corrected chi connectivity index (χ4v) is 2.38. The van der Waals surface area contributed by atoms with Crippen molar-refractivity contribution >= 4 is 0 Å². The van der Waals surface area contributed by atoms with E-state index >= 15 is 0 Å². The van der Waals surface area contributed by atoms with Crippen molar-refractivity contribution in [1.29, 1.82) is 0 Å². The van der Waals surface area contributed by atoms with Gasteiger partial charge in [0.1, 0.15) is 0 Å². The van der Waals surface area contributed by atoms with E-state index in [0.29, 0.717) is 17.9 Å². The SMILES string of the molecule is CC1CCCC(O)(CNC(C)C(C)C)C1. The molecule has 3 atom stereocenters. The van der Waals surface area contributed by atoms with Gasteiger partial charge in [-0.2, -0.15) is 0 Å². The van der Waals surface area contributed by atoms with Gasteiger partial charge >= 0.3 is 0 Å². The molecule has 1 fully saturated rings. The summed E-state index contributed by atoms with van der Waals surface area (Å²) in [5.74, 6) is 1.31. The van der Waals surface area contributed by atoms with E-state index in [4.69, 9.17) is 0 Å². The lowest BCUT2D eigenvalue weighted by atomic mass is 9.79. The van der Waals surface area contributed by atoms with Crippen molar-refractivity contribution in [3.05, 3.63) is 0 Å². The maximum atomic E-state index is 10.4. The molecule has 0 heterocycles. The second kappa shape index (κ2) is 5.31. The minimum Gasteiger partial charge on any atom is -0.389 e. The summed E-state index contributed by atoms with van der Waals surface area (Å²) in [6.07, 6.45) is 4.39. The van der Waals surface area contributed by atoms with E-state index in [2.05, 4.69) is 33.0 Å². The molecule has 2 N–H and O–H groups in total. The highest BCUT2D eigenvalue weighted by Crippen LogP contribution is 2.31. The van der Waals surface area contributed by atoms with Crippen LogP contribution in [0.2, 0.25) is 0 Å². The van der Waals surface area contributed by atoms with Crippen LogP contribution >= 0.6 is 0 Å². The van der Waals surface area contributed by atoms with E-state index in [1.165, 1.54) is 12.8 Å². The van der Waals surface area contributed by atoms with E-state index in [1.807, 2.05) is 0 Å². The molecule has 0 aromatic rings. The second-order valence-corrected chi connectivity index (χ2v) is 5.84. The second-order valence-electron chi connectivity index (χ2n) is 5.84. The van der Waals surface area contributed by atoms with Crippen molar-refractivity contribution in [3.63, 3.8) is 0 Å². The molecule has 0 aromatic carbocycles. The molecule has 3 unspecified atom stereocenters. The molecule has 0 bridgehead atoms. The molecule has 90 valence electrons. The molecule has 1 rings (SSSR count). The Bertz CT molecular complexity index is 193. The van der Waals surface area contributed by atoms with Gasteiger partial charge in [-0.05, 0) is 31.6 Å². The molecule has 15 heavy (non-hydrogen) atoms. The zero-order valence-electron chi connectivity index (χ0n) is 10.7. The maximum Gasteiger partial charge on any atom is 0.0774 e. The van der Waals surface area contributed by atoms with Crippen LogP contribution in [0.15, 0.2) is 0 Å². The Morgan fingerprint density at radius 1 is 1.40 bits per heavy atom.